The first kappa shape index (κ1) is 27.1. The Morgan fingerprint density at radius 3 is 2.30 bits per heavy atom. The summed E-state index contributed by atoms with van der Waals surface area (Å²) < 4.78 is 65.9. The third kappa shape index (κ3) is 6.67. The van der Waals surface area contributed by atoms with Crippen molar-refractivity contribution in [1.82, 2.24) is 14.3 Å². The van der Waals surface area contributed by atoms with Crippen LogP contribution in [0, 0.1) is 0 Å². The largest absolute Gasteiger partial charge is 0.452 e. The minimum atomic E-state index is -3.94. The van der Waals surface area contributed by atoms with Gasteiger partial charge < -0.3 is 14.8 Å². The van der Waals surface area contributed by atoms with Crippen molar-refractivity contribution in [2.75, 3.05) is 42.9 Å². The highest BCUT2D eigenvalue weighted by Crippen LogP contribution is 2.30. The Hall–Kier alpha value is -2.97. The molecule has 11 nitrogen and oxygen atoms in total. The van der Waals surface area contributed by atoms with Gasteiger partial charge in [0.15, 0.2) is 11.6 Å². The van der Waals surface area contributed by atoms with E-state index in [4.69, 9.17) is 21.1 Å². The van der Waals surface area contributed by atoms with E-state index >= 15 is 0 Å². The third-order valence-electron chi connectivity index (χ3n) is 5.31. The van der Waals surface area contributed by atoms with Gasteiger partial charge in [-0.05, 0) is 55.0 Å². The lowest BCUT2D eigenvalue weighted by atomic mass is 10.3. The highest BCUT2D eigenvalue weighted by molar-refractivity contribution is 7.92. The van der Waals surface area contributed by atoms with E-state index in [1.54, 1.807) is 0 Å². The van der Waals surface area contributed by atoms with Gasteiger partial charge in [0.1, 0.15) is 5.75 Å². The van der Waals surface area contributed by atoms with E-state index in [2.05, 4.69) is 20.0 Å². The molecule has 2 heterocycles. The average molecular weight is 568 g/mol. The smallest absolute Gasteiger partial charge is 0.264 e. The van der Waals surface area contributed by atoms with Gasteiger partial charge in [-0.1, -0.05) is 18.5 Å². The van der Waals surface area contributed by atoms with Gasteiger partial charge in [-0.2, -0.15) is 9.29 Å². The van der Waals surface area contributed by atoms with Crippen LogP contribution in [0.2, 0.25) is 5.02 Å². The first-order valence-electron chi connectivity index (χ1n) is 11.4. The summed E-state index contributed by atoms with van der Waals surface area (Å²) in [5.41, 5.74) is 0. The summed E-state index contributed by atoms with van der Waals surface area (Å²) in [4.78, 5) is 8.52. The maximum absolute atomic E-state index is 12.8. The quantitative estimate of drug-likeness (QED) is 0.376. The van der Waals surface area contributed by atoms with Crippen molar-refractivity contribution in [3.8, 4) is 11.5 Å². The number of morpholine rings is 1. The number of benzene rings is 2. The highest BCUT2D eigenvalue weighted by atomic mass is 35.5. The van der Waals surface area contributed by atoms with Crippen LogP contribution in [0.25, 0.3) is 0 Å². The van der Waals surface area contributed by atoms with Crippen molar-refractivity contribution in [3.05, 3.63) is 59.8 Å². The molecule has 14 heteroatoms. The predicted molar refractivity (Wildman–Crippen MR) is 139 cm³/mol. The Kier molecular flexibility index (Phi) is 8.49. The summed E-state index contributed by atoms with van der Waals surface area (Å²) in [7, 11) is -7.57. The van der Waals surface area contributed by atoms with E-state index in [0.717, 1.165) is 6.42 Å². The molecule has 0 spiro atoms. The molecule has 0 radical (unpaired) electrons. The molecule has 3 aromatic rings. The fourth-order valence-corrected chi connectivity index (χ4v) is 5.89. The summed E-state index contributed by atoms with van der Waals surface area (Å²) in [5.74, 6) is 0.730. The molecule has 0 atom stereocenters. The maximum atomic E-state index is 12.8. The van der Waals surface area contributed by atoms with Crippen molar-refractivity contribution in [3.63, 3.8) is 0 Å². The van der Waals surface area contributed by atoms with Crippen LogP contribution in [0.15, 0.2) is 64.5 Å². The summed E-state index contributed by atoms with van der Waals surface area (Å²) >= 11 is 5.84. The van der Waals surface area contributed by atoms with Crippen LogP contribution in [0.4, 0.5) is 11.8 Å². The van der Waals surface area contributed by atoms with Gasteiger partial charge in [-0.15, -0.1) is 0 Å². The number of hydrogen-bond donors (Lipinski definition) is 2. The SMILES string of the molecule is CCCNc1nc(NS(=O)(=O)c2ccc(Cl)cc2)ncc1Oc1ccc(S(=O)(=O)N2CCOCC2)cc1. The van der Waals surface area contributed by atoms with E-state index in [-0.39, 0.29) is 27.3 Å². The van der Waals surface area contributed by atoms with Gasteiger partial charge in [0.05, 0.1) is 29.2 Å². The molecule has 198 valence electrons. The summed E-state index contributed by atoms with van der Waals surface area (Å²) in [6.07, 6.45) is 2.12. The molecule has 1 aliphatic heterocycles. The second-order valence-electron chi connectivity index (χ2n) is 7.98. The number of rotatable bonds is 10. The van der Waals surface area contributed by atoms with Crippen molar-refractivity contribution in [1.29, 1.82) is 0 Å². The number of hydrogen-bond acceptors (Lipinski definition) is 9. The topological polar surface area (TPSA) is 140 Å². The van der Waals surface area contributed by atoms with Crippen molar-refractivity contribution < 1.29 is 26.3 Å². The van der Waals surface area contributed by atoms with Crippen LogP contribution in [0.3, 0.4) is 0 Å². The average Bonchev–Trinajstić information content (AvgIpc) is 2.89. The summed E-state index contributed by atoms with van der Waals surface area (Å²) in [5, 5.41) is 3.50. The minimum absolute atomic E-state index is 0.0102. The Morgan fingerprint density at radius 1 is 1.00 bits per heavy atom. The zero-order valence-electron chi connectivity index (χ0n) is 19.9. The lowest BCUT2D eigenvalue weighted by Gasteiger charge is -2.26. The first-order valence-corrected chi connectivity index (χ1v) is 14.7. The normalized spacial score (nSPS) is 14.8. The number of sulfonamides is 2. The Morgan fingerprint density at radius 2 is 1.65 bits per heavy atom. The molecule has 2 aromatic carbocycles. The molecule has 0 saturated carbocycles. The molecule has 0 unspecified atom stereocenters. The Labute approximate surface area is 220 Å². The van der Waals surface area contributed by atoms with Crippen molar-refractivity contribution >= 4 is 43.4 Å². The molecule has 1 saturated heterocycles. The Bertz CT molecular complexity index is 1430. The zero-order valence-corrected chi connectivity index (χ0v) is 22.3. The second-order valence-corrected chi connectivity index (χ2v) is 12.0. The molecule has 1 aromatic heterocycles. The molecule has 2 N–H and O–H groups in total. The summed E-state index contributed by atoms with van der Waals surface area (Å²) in [6.45, 7) is 3.84. The zero-order chi connectivity index (χ0) is 26.5. The fourth-order valence-electron chi connectivity index (χ4n) is 3.40. The molecule has 0 amide bonds. The third-order valence-corrected chi connectivity index (χ3v) is 8.82. The molecular weight excluding hydrogens is 542 g/mol. The molecule has 4 rings (SSSR count). The standard InChI is InChI=1S/C23H26ClN5O6S2/c1-2-11-25-22-21(16-26-23(27-22)28-36(30,31)19-7-3-17(24)4-8-19)35-18-5-9-20(10-6-18)37(32,33)29-12-14-34-15-13-29/h3-10,16H,2,11-15H2,1H3,(H2,25,26,27,28). The van der Waals surface area contributed by atoms with Crippen LogP contribution in [-0.4, -0.2) is 64.0 Å². The van der Waals surface area contributed by atoms with Gasteiger partial charge >= 0.3 is 0 Å². The fraction of sp³-hybridized carbons (Fsp3) is 0.304. The molecule has 1 aliphatic rings. The molecule has 0 bridgehead atoms. The van der Waals surface area contributed by atoms with E-state index in [1.807, 2.05) is 6.92 Å². The van der Waals surface area contributed by atoms with E-state index in [9.17, 15) is 16.8 Å². The van der Waals surface area contributed by atoms with Crippen LogP contribution < -0.4 is 14.8 Å². The van der Waals surface area contributed by atoms with Gasteiger partial charge in [0.2, 0.25) is 16.0 Å². The molecular formula is C23H26ClN5O6S2. The van der Waals surface area contributed by atoms with Gasteiger partial charge in [0.25, 0.3) is 10.0 Å². The van der Waals surface area contributed by atoms with Crippen LogP contribution in [-0.2, 0) is 24.8 Å². The highest BCUT2D eigenvalue weighted by Gasteiger charge is 2.26. The number of aromatic nitrogens is 2. The number of ether oxygens (including phenoxy) is 2. The van der Waals surface area contributed by atoms with Crippen molar-refractivity contribution in [2.45, 2.75) is 23.1 Å². The van der Waals surface area contributed by atoms with Crippen LogP contribution >= 0.6 is 11.6 Å². The number of nitrogens with one attached hydrogen (secondary N) is 2. The number of anilines is 2. The molecule has 37 heavy (non-hydrogen) atoms. The van der Waals surface area contributed by atoms with Crippen molar-refractivity contribution in [2.24, 2.45) is 0 Å². The maximum Gasteiger partial charge on any atom is 0.264 e. The predicted octanol–water partition coefficient (Wildman–Crippen LogP) is 3.57. The van der Waals surface area contributed by atoms with Crippen LogP contribution in [0.1, 0.15) is 13.3 Å². The van der Waals surface area contributed by atoms with Gasteiger partial charge in [-0.25, -0.2) is 26.5 Å². The minimum Gasteiger partial charge on any atom is -0.452 e. The number of nitrogens with zero attached hydrogens (tertiary/aromatic N) is 3. The van der Waals surface area contributed by atoms with E-state index in [0.29, 0.717) is 43.6 Å². The van der Waals surface area contributed by atoms with Gasteiger partial charge in [0, 0.05) is 24.7 Å². The van der Waals surface area contributed by atoms with E-state index in [1.165, 1.54) is 59.0 Å². The van der Waals surface area contributed by atoms with Crippen LogP contribution in [0.5, 0.6) is 11.5 Å². The molecule has 1 fully saturated rings. The van der Waals surface area contributed by atoms with E-state index < -0.39 is 20.0 Å². The first-order chi connectivity index (χ1) is 17.7. The monoisotopic (exact) mass is 567 g/mol. The second kappa shape index (κ2) is 11.6. The van der Waals surface area contributed by atoms with Gasteiger partial charge in [-0.3, -0.25) is 0 Å². The lowest BCUT2D eigenvalue weighted by Crippen LogP contribution is -2.40. The Balaban J connectivity index is 1.53. The number of halogens is 1. The summed E-state index contributed by atoms with van der Waals surface area (Å²) in [6, 6.07) is 11.7. The molecule has 0 aliphatic carbocycles. The lowest BCUT2D eigenvalue weighted by molar-refractivity contribution is 0.0730.